The van der Waals surface area contributed by atoms with Crippen molar-refractivity contribution in [2.75, 3.05) is 33.0 Å². The smallest absolute Gasteiger partial charge is 0.457 e. The van der Waals surface area contributed by atoms with Crippen LogP contribution in [0.15, 0.2) is 48.6 Å². The molecule has 0 aromatic rings. The summed E-state index contributed by atoms with van der Waals surface area (Å²) in [6.07, 6.45) is 48.4. The largest absolute Gasteiger partial charge is 0.472 e. The summed E-state index contributed by atoms with van der Waals surface area (Å²) in [5, 5.41) is 0. The van der Waals surface area contributed by atoms with Crippen molar-refractivity contribution in [1.82, 2.24) is 0 Å². The minimum Gasteiger partial charge on any atom is -0.457 e. The molecule has 0 saturated carbocycles. The fourth-order valence-corrected chi connectivity index (χ4v) is 6.54. The number of carbonyl (C=O) groups is 1. The summed E-state index contributed by atoms with van der Waals surface area (Å²) < 4.78 is 33.3. The van der Waals surface area contributed by atoms with E-state index >= 15 is 0 Å². The van der Waals surface area contributed by atoms with Gasteiger partial charge in [0.05, 0.1) is 19.8 Å². The molecule has 2 atom stereocenters. The minimum absolute atomic E-state index is 0.0966. The molecule has 0 heterocycles. The van der Waals surface area contributed by atoms with E-state index in [1.807, 2.05) is 0 Å². The van der Waals surface area contributed by atoms with E-state index in [2.05, 4.69) is 62.5 Å². The number of esters is 1. The lowest BCUT2D eigenvalue weighted by Crippen LogP contribution is -2.28. The van der Waals surface area contributed by atoms with Crippen LogP contribution in [0.3, 0.4) is 0 Å². The molecule has 8 nitrogen and oxygen atoms in total. The van der Waals surface area contributed by atoms with E-state index in [-0.39, 0.29) is 32.3 Å². The monoisotopic (exact) mass is 768 g/mol. The van der Waals surface area contributed by atoms with Crippen molar-refractivity contribution in [3.05, 3.63) is 48.6 Å². The molecule has 3 N–H and O–H groups in total. The molecular weight excluding hydrogens is 685 g/mol. The van der Waals surface area contributed by atoms with Gasteiger partial charge in [0.25, 0.3) is 0 Å². The van der Waals surface area contributed by atoms with Crippen LogP contribution in [0.5, 0.6) is 0 Å². The number of phosphoric ester groups is 1. The van der Waals surface area contributed by atoms with E-state index in [0.717, 1.165) is 51.4 Å². The Morgan fingerprint density at radius 3 is 1.58 bits per heavy atom. The lowest BCUT2D eigenvalue weighted by Gasteiger charge is -2.20. The zero-order valence-electron chi connectivity index (χ0n) is 34.2. The van der Waals surface area contributed by atoms with Crippen molar-refractivity contribution in [3.63, 3.8) is 0 Å². The number of carbonyl (C=O) groups excluding carboxylic acids is 1. The minimum atomic E-state index is -4.28. The van der Waals surface area contributed by atoms with Gasteiger partial charge in [-0.3, -0.25) is 13.8 Å². The van der Waals surface area contributed by atoms with Crippen LogP contribution in [0.4, 0.5) is 0 Å². The van der Waals surface area contributed by atoms with Crippen LogP contribution in [0.1, 0.15) is 187 Å². The van der Waals surface area contributed by atoms with Gasteiger partial charge in [-0.25, -0.2) is 4.57 Å². The number of ether oxygens (including phenoxy) is 2. The number of nitrogens with two attached hydrogens (primary N) is 1. The van der Waals surface area contributed by atoms with Crippen LogP contribution in [0.25, 0.3) is 0 Å². The van der Waals surface area contributed by atoms with Gasteiger partial charge in [0.15, 0.2) is 0 Å². The Morgan fingerprint density at radius 1 is 0.566 bits per heavy atom. The zero-order chi connectivity index (χ0) is 38.8. The van der Waals surface area contributed by atoms with Gasteiger partial charge in [0.1, 0.15) is 6.10 Å². The molecule has 310 valence electrons. The first-order valence-electron chi connectivity index (χ1n) is 21.6. The molecule has 0 aliphatic heterocycles. The summed E-state index contributed by atoms with van der Waals surface area (Å²) in [5.74, 6) is -0.341. The molecule has 0 aliphatic carbocycles. The summed E-state index contributed by atoms with van der Waals surface area (Å²) in [5.41, 5.74) is 5.36. The van der Waals surface area contributed by atoms with Crippen molar-refractivity contribution in [2.24, 2.45) is 5.73 Å². The zero-order valence-corrected chi connectivity index (χ0v) is 35.1. The van der Waals surface area contributed by atoms with Crippen LogP contribution in [-0.2, 0) is 27.9 Å². The van der Waals surface area contributed by atoms with Crippen LogP contribution in [-0.4, -0.2) is 49.9 Å². The number of phosphoric acid groups is 1. The molecule has 0 aromatic heterocycles. The molecule has 2 unspecified atom stereocenters. The molecule has 0 aromatic carbocycles. The Balaban J connectivity index is 4.00. The van der Waals surface area contributed by atoms with Crippen molar-refractivity contribution >= 4 is 13.8 Å². The van der Waals surface area contributed by atoms with Crippen molar-refractivity contribution in [2.45, 2.75) is 193 Å². The third kappa shape index (κ3) is 41.5. The average Bonchev–Trinajstić information content (AvgIpc) is 3.15. The molecular formula is C44H82NO7P. The van der Waals surface area contributed by atoms with E-state index in [9.17, 15) is 14.3 Å². The normalized spacial score (nSPS) is 14.0. The summed E-state index contributed by atoms with van der Waals surface area (Å²) >= 11 is 0. The lowest BCUT2D eigenvalue weighted by molar-refractivity contribution is -0.154. The van der Waals surface area contributed by atoms with Crippen molar-refractivity contribution in [3.8, 4) is 0 Å². The van der Waals surface area contributed by atoms with Gasteiger partial charge < -0.3 is 20.1 Å². The maximum Gasteiger partial charge on any atom is 0.472 e. The second-order valence-electron chi connectivity index (χ2n) is 14.2. The molecule has 53 heavy (non-hydrogen) atoms. The van der Waals surface area contributed by atoms with Gasteiger partial charge in [-0.2, -0.15) is 0 Å². The van der Waals surface area contributed by atoms with Gasteiger partial charge in [-0.05, 0) is 70.6 Å². The van der Waals surface area contributed by atoms with Crippen LogP contribution in [0, 0.1) is 0 Å². The first kappa shape index (κ1) is 51.5. The van der Waals surface area contributed by atoms with Crippen molar-refractivity contribution in [1.29, 1.82) is 0 Å². The molecule has 9 heteroatoms. The van der Waals surface area contributed by atoms with E-state index in [0.29, 0.717) is 13.0 Å². The highest BCUT2D eigenvalue weighted by Crippen LogP contribution is 2.43. The van der Waals surface area contributed by atoms with Gasteiger partial charge in [-0.1, -0.05) is 159 Å². The second kappa shape index (κ2) is 41.6. The highest BCUT2D eigenvalue weighted by Gasteiger charge is 2.25. The number of rotatable bonds is 41. The third-order valence-corrected chi connectivity index (χ3v) is 9.93. The molecule has 0 saturated heterocycles. The number of hydrogen-bond donors (Lipinski definition) is 2. The summed E-state index contributed by atoms with van der Waals surface area (Å²) in [6.45, 7) is 4.83. The highest BCUT2D eigenvalue weighted by atomic mass is 31.2. The van der Waals surface area contributed by atoms with Gasteiger partial charge in [0, 0.05) is 19.6 Å². The number of allylic oxidation sites excluding steroid dienone is 8. The SMILES string of the molecule is CCC/C=C\CCCCCCCCOCC(COP(=O)(O)OCCN)OC(=O)CCCCCCCCCC/C=C\C/C=C\C/C=C\CCCCCCC. The number of unbranched alkanes of at least 4 members (excludes halogenated alkanes) is 20. The van der Waals surface area contributed by atoms with Crippen LogP contribution < -0.4 is 5.73 Å². The predicted molar refractivity (Wildman–Crippen MR) is 224 cm³/mol. The van der Waals surface area contributed by atoms with Gasteiger partial charge in [-0.15, -0.1) is 0 Å². The summed E-state index contributed by atoms with van der Waals surface area (Å²) in [4.78, 5) is 22.4. The predicted octanol–water partition coefficient (Wildman–Crippen LogP) is 12.8. The maximum atomic E-state index is 12.6. The molecule has 0 fully saturated rings. The Bertz CT molecular complexity index is 952. The summed E-state index contributed by atoms with van der Waals surface area (Å²) in [6, 6.07) is 0. The van der Waals surface area contributed by atoms with Crippen LogP contribution >= 0.6 is 7.82 Å². The van der Waals surface area contributed by atoms with Crippen LogP contribution in [0.2, 0.25) is 0 Å². The highest BCUT2D eigenvalue weighted by molar-refractivity contribution is 7.47. The fourth-order valence-electron chi connectivity index (χ4n) is 5.77. The Labute approximate surface area is 326 Å². The van der Waals surface area contributed by atoms with E-state index < -0.39 is 13.9 Å². The molecule has 0 bridgehead atoms. The first-order chi connectivity index (χ1) is 25.9. The standard InChI is InChI=1S/C44H82NO7P/c1-3-5-7-9-11-13-15-16-17-18-19-20-21-22-23-24-25-26-27-29-31-33-35-37-44(46)52-43(42-51-53(47,48)50-40-38-45)41-49-39-36-34-32-30-28-14-12-10-8-6-4-2/h8,10,15-16,18-19,21-22,43H,3-7,9,11-14,17,20,23-42,45H2,1-2H3,(H,47,48)/b10-8-,16-15-,19-18-,22-21-. The molecule has 0 spiro atoms. The Morgan fingerprint density at radius 2 is 1.04 bits per heavy atom. The molecule has 0 aliphatic rings. The van der Waals surface area contributed by atoms with Crippen molar-refractivity contribution < 1.29 is 32.8 Å². The first-order valence-corrected chi connectivity index (χ1v) is 23.1. The molecule has 0 rings (SSSR count). The quantitative estimate of drug-likeness (QED) is 0.0273. The second-order valence-corrected chi connectivity index (χ2v) is 15.7. The van der Waals surface area contributed by atoms with E-state index in [1.54, 1.807) is 0 Å². The lowest BCUT2D eigenvalue weighted by atomic mass is 10.1. The number of hydrogen-bond acceptors (Lipinski definition) is 7. The van der Waals surface area contributed by atoms with E-state index in [1.165, 1.54) is 116 Å². The maximum absolute atomic E-state index is 12.6. The Kier molecular flexibility index (Phi) is 40.4. The summed E-state index contributed by atoms with van der Waals surface area (Å²) in [7, 11) is -4.28. The molecule has 0 amide bonds. The fraction of sp³-hybridized carbons (Fsp3) is 0.795. The van der Waals surface area contributed by atoms with E-state index in [4.69, 9.17) is 24.3 Å². The van der Waals surface area contributed by atoms with Gasteiger partial charge in [0.2, 0.25) is 0 Å². The topological polar surface area (TPSA) is 117 Å². The van der Waals surface area contributed by atoms with Gasteiger partial charge >= 0.3 is 13.8 Å². The third-order valence-electron chi connectivity index (χ3n) is 8.95. The average molecular weight is 768 g/mol. The molecule has 0 radical (unpaired) electrons. The Hall–Kier alpha value is -1.54.